The van der Waals surface area contributed by atoms with Gasteiger partial charge >= 0.3 is 0 Å². The zero-order valence-corrected chi connectivity index (χ0v) is 19.0. The number of nitrogens with one attached hydrogen (secondary N) is 1. The van der Waals surface area contributed by atoms with Crippen LogP contribution in [0.1, 0.15) is 22.7 Å². The molecule has 0 aliphatic carbocycles. The van der Waals surface area contributed by atoms with Crippen molar-refractivity contribution >= 4 is 28.7 Å². The topological polar surface area (TPSA) is 27.6 Å². The summed E-state index contributed by atoms with van der Waals surface area (Å²) in [6.07, 6.45) is 2.06. The van der Waals surface area contributed by atoms with Gasteiger partial charge < -0.3 is 10.2 Å². The smallest absolute Gasteiger partial charge is 0.174 e. The van der Waals surface area contributed by atoms with Crippen LogP contribution in [0.15, 0.2) is 106 Å². The van der Waals surface area contributed by atoms with Crippen molar-refractivity contribution in [3.63, 3.8) is 0 Å². The summed E-state index contributed by atoms with van der Waals surface area (Å²) in [5.41, 5.74) is 7.28. The normalized spacial score (nSPS) is 20.7. The largest absolute Gasteiger partial charge is 0.309 e. The van der Waals surface area contributed by atoms with E-state index < -0.39 is 0 Å². The summed E-state index contributed by atoms with van der Waals surface area (Å²) in [6.45, 7) is 1.35. The van der Waals surface area contributed by atoms with Gasteiger partial charge in [-0.05, 0) is 58.2 Å². The zero-order chi connectivity index (χ0) is 23.1. The van der Waals surface area contributed by atoms with Gasteiger partial charge in [-0.2, -0.15) is 0 Å². The molecule has 3 aromatic rings. The van der Waals surface area contributed by atoms with Gasteiger partial charge in [-0.3, -0.25) is 0 Å². The second kappa shape index (κ2) is 8.70. The molecule has 1 atom stereocenters. The third-order valence-electron chi connectivity index (χ3n) is 6.24. The first-order valence-corrected chi connectivity index (χ1v) is 12.0. The minimum Gasteiger partial charge on any atom is -0.309 e. The number of fused-ring (bicyclic) bond motifs is 1. The Balaban J connectivity index is 1.49. The lowest BCUT2D eigenvalue weighted by Gasteiger charge is -2.40. The zero-order valence-electron chi connectivity index (χ0n) is 18.2. The second-order valence-electron chi connectivity index (χ2n) is 8.40. The number of rotatable bonds is 3. The molecular weight excluding hydrogens is 448 g/mol. The van der Waals surface area contributed by atoms with Crippen molar-refractivity contribution in [3.05, 3.63) is 129 Å². The number of aliphatic imine (C=N–C) groups is 1. The molecule has 0 aromatic heterocycles. The highest BCUT2D eigenvalue weighted by Crippen LogP contribution is 2.48. The molecule has 3 aliphatic rings. The van der Waals surface area contributed by atoms with Gasteiger partial charge in [-0.25, -0.2) is 13.8 Å². The molecule has 0 spiro atoms. The van der Waals surface area contributed by atoms with E-state index in [1.54, 1.807) is 23.9 Å². The van der Waals surface area contributed by atoms with E-state index in [1.165, 1.54) is 24.3 Å². The number of amidine groups is 1. The fraction of sp³-hybridized carbons (Fsp3) is 0.107. The number of halogens is 2. The maximum atomic E-state index is 13.8. The predicted molar refractivity (Wildman–Crippen MR) is 135 cm³/mol. The summed E-state index contributed by atoms with van der Waals surface area (Å²) in [5.74, 6) is -0.508. The quantitative estimate of drug-likeness (QED) is 0.483. The summed E-state index contributed by atoms with van der Waals surface area (Å²) < 4.78 is 27.2. The Kier molecular flexibility index (Phi) is 5.40. The molecule has 0 saturated carbocycles. The molecule has 3 heterocycles. The molecule has 0 fully saturated rings. The van der Waals surface area contributed by atoms with Gasteiger partial charge in [0.15, 0.2) is 5.17 Å². The van der Waals surface area contributed by atoms with E-state index >= 15 is 0 Å². The fourth-order valence-electron chi connectivity index (χ4n) is 4.67. The first-order chi connectivity index (χ1) is 16.7. The van der Waals surface area contributed by atoms with Crippen LogP contribution in [0.2, 0.25) is 0 Å². The maximum Gasteiger partial charge on any atom is 0.174 e. The molecule has 3 nitrogen and oxygen atoms in total. The fourth-order valence-corrected chi connectivity index (χ4v) is 5.60. The summed E-state index contributed by atoms with van der Waals surface area (Å²) in [7, 11) is 0. The molecule has 34 heavy (non-hydrogen) atoms. The Morgan fingerprint density at radius 1 is 0.882 bits per heavy atom. The lowest BCUT2D eigenvalue weighted by molar-refractivity contribution is 0.461. The molecule has 3 aromatic carbocycles. The summed E-state index contributed by atoms with van der Waals surface area (Å²) >= 11 is 1.61. The highest BCUT2D eigenvalue weighted by Gasteiger charge is 2.40. The van der Waals surface area contributed by atoms with Gasteiger partial charge in [0.25, 0.3) is 0 Å². The molecule has 0 bridgehead atoms. The van der Waals surface area contributed by atoms with Crippen molar-refractivity contribution in [3.8, 4) is 0 Å². The molecule has 1 unspecified atom stereocenters. The van der Waals surface area contributed by atoms with Crippen LogP contribution >= 0.6 is 11.8 Å². The molecule has 6 heteroatoms. The molecule has 3 aliphatic heterocycles. The number of benzene rings is 3. The lowest BCUT2D eigenvalue weighted by atomic mass is 9.88. The predicted octanol–water partition coefficient (Wildman–Crippen LogP) is 6.36. The number of hydrogen-bond acceptors (Lipinski definition) is 4. The third kappa shape index (κ3) is 3.79. The maximum absolute atomic E-state index is 13.8. The minimum atomic E-state index is -0.254. The molecule has 168 valence electrons. The minimum absolute atomic E-state index is 0.117. The third-order valence-corrected chi connectivity index (χ3v) is 7.08. The molecular formula is C28H21F2N3S. The van der Waals surface area contributed by atoms with E-state index in [0.717, 1.165) is 44.4 Å². The summed E-state index contributed by atoms with van der Waals surface area (Å²) in [5, 5.41) is 6.56. The van der Waals surface area contributed by atoms with Crippen molar-refractivity contribution in [2.45, 2.75) is 6.04 Å². The molecule has 0 amide bonds. The Labute approximate surface area is 201 Å². The SMILES string of the molecule is Fc1ccc(/C=C2\CNCC3=C2N=C2SC=C(c4ccccc4)N2C3c2ccc(F)cc2)cc1. The highest BCUT2D eigenvalue weighted by atomic mass is 32.2. The number of thioether (sulfide) groups is 1. The van der Waals surface area contributed by atoms with Gasteiger partial charge in [0, 0.05) is 18.5 Å². The Bertz CT molecular complexity index is 1360. The Morgan fingerprint density at radius 2 is 1.59 bits per heavy atom. The average Bonchev–Trinajstić information content (AvgIpc) is 3.29. The van der Waals surface area contributed by atoms with Gasteiger partial charge in [0.1, 0.15) is 11.6 Å². The lowest BCUT2D eigenvalue weighted by Crippen LogP contribution is -2.40. The van der Waals surface area contributed by atoms with Gasteiger partial charge in [-0.1, -0.05) is 66.4 Å². The van der Waals surface area contributed by atoms with Crippen molar-refractivity contribution in [1.29, 1.82) is 0 Å². The molecule has 6 rings (SSSR count). The van der Waals surface area contributed by atoms with Crippen molar-refractivity contribution in [1.82, 2.24) is 10.2 Å². The van der Waals surface area contributed by atoms with E-state index in [-0.39, 0.29) is 17.7 Å². The summed E-state index contributed by atoms with van der Waals surface area (Å²) in [4.78, 5) is 7.37. The van der Waals surface area contributed by atoms with Crippen LogP contribution < -0.4 is 5.32 Å². The number of hydrogen-bond donors (Lipinski definition) is 1. The summed E-state index contributed by atoms with van der Waals surface area (Å²) in [6, 6.07) is 23.4. The van der Waals surface area contributed by atoms with Crippen LogP contribution in [-0.4, -0.2) is 23.2 Å². The van der Waals surface area contributed by atoms with E-state index in [2.05, 4.69) is 33.8 Å². The molecule has 0 radical (unpaired) electrons. The van der Waals surface area contributed by atoms with Crippen LogP contribution in [0.5, 0.6) is 0 Å². The molecule has 0 saturated heterocycles. The van der Waals surface area contributed by atoms with Crippen molar-refractivity contribution in [2.24, 2.45) is 4.99 Å². The van der Waals surface area contributed by atoms with E-state index in [1.807, 2.05) is 30.3 Å². The Morgan fingerprint density at radius 3 is 2.32 bits per heavy atom. The van der Waals surface area contributed by atoms with E-state index in [4.69, 9.17) is 4.99 Å². The van der Waals surface area contributed by atoms with Crippen LogP contribution in [0.25, 0.3) is 11.8 Å². The number of nitrogens with zero attached hydrogens (tertiary/aromatic N) is 2. The van der Waals surface area contributed by atoms with Crippen LogP contribution in [0.3, 0.4) is 0 Å². The van der Waals surface area contributed by atoms with Crippen molar-refractivity contribution < 1.29 is 8.78 Å². The van der Waals surface area contributed by atoms with E-state index in [0.29, 0.717) is 13.1 Å². The van der Waals surface area contributed by atoms with Gasteiger partial charge in [-0.15, -0.1) is 0 Å². The van der Waals surface area contributed by atoms with Crippen molar-refractivity contribution in [2.75, 3.05) is 13.1 Å². The molecule has 1 N–H and O–H groups in total. The van der Waals surface area contributed by atoms with Crippen LogP contribution in [0.4, 0.5) is 8.78 Å². The highest BCUT2D eigenvalue weighted by molar-refractivity contribution is 8.16. The van der Waals surface area contributed by atoms with Gasteiger partial charge in [0.2, 0.25) is 0 Å². The van der Waals surface area contributed by atoms with E-state index in [9.17, 15) is 8.78 Å². The second-order valence-corrected chi connectivity index (χ2v) is 9.24. The standard InChI is InChI=1S/C28H21F2N3S/c29-22-10-6-18(7-11-22)14-21-15-31-16-24-26(21)32-28-33(27(24)20-8-12-23(30)13-9-20)25(17-34-28)19-4-2-1-3-5-19/h1-14,17,27,31H,15-16H2/b21-14+. The average molecular weight is 470 g/mol. The Hall–Kier alpha value is -3.48. The van der Waals surface area contributed by atoms with Crippen LogP contribution in [0, 0.1) is 11.6 Å². The van der Waals surface area contributed by atoms with Crippen LogP contribution in [-0.2, 0) is 0 Å². The first-order valence-electron chi connectivity index (χ1n) is 11.1. The monoisotopic (exact) mass is 469 g/mol. The first kappa shape index (κ1) is 21.1. The van der Waals surface area contributed by atoms with Gasteiger partial charge in [0.05, 0.1) is 17.4 Å².